The maximum atomic E-state index is 10.6. The number of nitro groups is 1. The van der Waals surface area contributed by atoms with E-state index in [0.29, 0.717) is 0 Å². The summed E-state index contributed by atoms with van der Waals surface area (Å²) in [6, 6.07) is 8.98. The molecule has 0 bridgehead atoms. The van der Waals surface area contributed by atoms with Crippen molar-refractivity contribution in [3.05, 3.63) is 69.5 Å². The van der Waals surface area contributed by atoms with Gasteiger partial charge in [0.25, 0.3) is 5.69 Å². The van der Waals surface area contributed by atoms with Gasteiger partial charge in [-0.05, 0) is 43.4 Å². The maximum absolute atomic E-state index is 10.6. The first-order valence-corrected chi connectivity index (χ1v) is 6.96. The van der Waals surface area contributed by atoms with Crippen LogP contribution in [0.15, 0.2) is 42.7 Å². The molecule has 0 atom stereocenters. The molecule has 102 valence electrons. The molecule has 0 radical (unpaired) electrons. The molecule has 4 heteroatoms. The zero-order chi connectivity index (χ0) is 13.9. The number of pyridine rings is 1. The molecule has 0 N–H and O–H groups in total. The number of non-ortho nitro benzene ring substituents is 1. The lowest BCUT2D eigenvalue weighted by Gasteiger charge is -2.13. The van der Waals surface area contributed by atoms with Crippen LogP contribution in [0.3, 0.4) is 0 Å². The molecular formula is C16H17N2O2+. The van der Waals surface area contributed by atoms with Gasteiger partial charge in [-0.3, -0.25) is 10.1 Å². The number of fused-ring (bicyclic) bond motifs is 1. The molecule has 0 unspecified atom stereocenters. The van der Waals surface area contributed by atoms with Crippen molar-refractivity contribution in [2.45, 2.75) is 32.2 Å². The van der Waals surface area contributed by atoms with E-state index in [-0.39, 0.29) is 10.6 Å². The van der Waals surface area contributed by atoms with E-state index < -0.39 is 0 Å². The van der Waals surface area contributed by atoms with Crippen LogP contribution in [-0.4, -0.2) is 4.92 Å². The first kappa shape index (κ1) is 12.8. The van der Waals surface area contributed by atoms with Crippen molar-refractivity contribution in [3.63, 3.8) is 0 Å². The van der Waals surface area contributed by atoms with Crippen molar-refractivity contribution in [1.82, 2.24) is 0 Å². The SMILES string of the molecule is O=[N+]([O-])c1ccc(C[n+]2ccc3c(c2)CCCC3)cc1. The Labute approximate surface area is 117 Å². The van der Waals surface area contributed by atoms with Gasteiger partial charge in [0.05, 0.1) is 4.92 Å². The van der Waals surface area contributed by atoms with Gasteiger partial charge in [-0.2, -0.15) is 0 Å². The van der Waals surface area contributed by atoms with Gasteiger partial charge in [-0.15, -0.1) is 0 Å². The number of hydrogen-bond acceptors (Lipinski definition) is 2. The minimum Gasteiger partial charge on any atom is -0.258 e. The van der Waals surface area contributed by atoms with Gasteiger partial charge in [0, 0.05) is 29.3 Å². The Hall–Kier alpha value is -2.23. The molecule has 0 amide bonds. The Morgan fingerprint density at radius 1 is 1.05 bits per heavy atom. The minimum atomic E-state index is -0.365. The zero-order valence-corrected chi connectivity index (χ0v) is 11.3. The number of hydrogen-bond donors (Lipinski definition) is 0. The predicted molar refractivity (Wildman–Crippen MR) is 75.5 cm³/mol. The Morgan fingerprint density at radius 2 is 1.75 bits per heavy atom. The number of nitro benzene ring substituents is 1. The van der Waals surface area contributed by atoms with E-state index in [0.717, 1.165) is 18.5 Å². The van der Waals surface area contributed by atoms with Crippen molar-refractivity contribution in [2.75, 3.05) is 0 Å². The summed E-state index contributed by atoms with van der Waals surface area (Å²) in [5, 5.41) is 10.6. The average Bonchev–Trinajstić information content (AvgIpc) is 2.48. The van der Waals surface area contributed by atoms with Gasteiger partial charge < -0.3 is 0 Å². The second-order valence-electron chi connectivity index (χ2n) is 5.30. The van der Waals surface area contributed by atoms with Gasteiger partial charge in [-0.1, -0.05) is 0 Å². The Balaban J connectivity index is 1.78. The van der Waals surface area contributed by atoms with Gasteiger partial charge >= 0.3 is 0 Å². The van der Waals surface area contributed by atoms with Crippen LogP contribution in [0.5, 0.6) is 0 Å². The molecule has 20 heavy (non-hydrogen) atoms. The highest BCUT2D eigenvalue weighted by Crippen LogP contribution is 2.19. The molecule has 1 aliphatic carbocycles. The molecule has 1 aromatic heterocycles. The molecule has 4 nitrogen and oxygen atoms in total. The van der Waals surface area contributed by atoms with Gasteiger partial charge in [-0.25, -0.2) is 4.57 Å². The predicted octanol–water partition coefficient (Wildman–Crippen LogP) is 2.81. The number of rotatable bonds is 3. The lowest BCUT2D eigenvalue weighted by molar-refractivity contribution is -0.688. The Morgan fingerprint density at radius 3 is 2.45 bits per heavy atom. The topological polar surface area (TPSA) is 47.0 Å². The van der Waals surface area contributed by atoms with Crippen molar-refractivity contribution in [2.24, 2.45) is 0 Å². The quantitative estimate of drug-likeness (QED) is 0.488. The Bertz CT molecular complexity index is 635. The molecule has 1 aliphatic rings. The molecule has 0 fully saturated rings. The molecule has 3 rings (SSSR count). The minimum absolute atomic E-state index is 0.143. The zero-order valence-electron chi connectivity index (χ0n) is 11.3. The van der Waals surface area contributed by atoms with Gasteiger partial charge in [0.2, 0.25) is 0 Å². The molecule has 0 saturated heterocycles. The van der Waals surface area contributed by atoms with Crippen LogP contribution in [0.25, 0.3) is 0 Å². The normalized spacial score (nSPS) is 13.8. The summed E-state index contributed by atoms with van der Waals surface area (Å²) in [6.45, 7) is 0.755. The van der Waals surface area contributed by atoms with E-state index in [9.17, 15) is 10.1 Å². The van der Waals surface area contributed by atoms with E-state index >= 15 is 0 Å². The van der Waals surface area contributed by atoms with Crippen LogP contribution < -0.4 is 4.57 Å². The maximum Gasteiger partial charge on any atom is 0.269 e. The van der Waals surface area contributed by atoms with E-state index in [1.165, 1.54) is 30.4 Å². The second kappa shape index (κ2) is 5.41. The summed E-state index contributed by atoms with van der Waals surface area (Å²) in [7, 11) is 0. The summed E-state index contributed by atoms with van der Waals surface area (Å²) in [5.41, 5.74) is 4.14. The first-order valence-electron chi connectivity index (χ1n) is 6.96. The average molecular weight is 269 g/mol. The first-order chi connectivity index (χ1) is 9.72. The molecule has 0 spiro atoms. The number of aromatic nitrogens is 1. The largest absolute Gasteiger partial charge is 0.269 e. The fourth-order valence-electron chi connectivity index (χ4n) is 2.75. The van der Waals surface area contributed by atoms with Crippen LogP contribution >= 0.6 is 0 Å². The van der Waals surface area contributed by atoms with E-state index in [2.05, 4.69) is 23.0 Å². The third-order valence-electron chi connectivity index (χ3n) is 3.86. The summed E-state index contributed by atoms with van der Waals surface area (Å²) < 4.78 is 2.16. The smallest absolute Gasteiger partial charge is 0.258 e. The van der Waals surface area contributed by atoms with Crippen LogP contribution in [0, 0.1) is 10.1 Å². The molecule has 2 aromatic rings. The fraction of sp³-hybridized carbons (Fsp3) is 0.312. The standard InChI is InChI=1S/C16H17N2O2/c19-18(20)16-7-5-13(6-8-16)11-17-10-9-14-3-1-2-4-15(14)12-17/h5-10,12H,1-4,11H2/q+1. The van der Waals surface area contributed by atoms with Crippen molar-refractivity contribution >= 4 is 5.69 Å². The summed E-state index contributed by atoms with van der Waals surface area (Å²) in [5.74, 6) is 0. The number of aryl methyl sites for hydroxylation is 2. The lowest BCUT2D eigenvalue weighted by atomic mass is 9.93. The molecule has 0 aliphatic heterocycles. The number of benzene rings is 1. The van der Waals surface area contributed by atoms with Crippen LogP contribution in [0.2, 0.25) is 0 Å². The van der Waals surface area contributed by atoms with Gasteiger partial charge in [0.1, 0.15) is 0 Å². The summed E-state index contributed by atoms with van der Waals surface area (Å²) in [6.07, 6.45) is 9.24. The van der Waals surface area contributed by atoms with Crippen LogP contribution in [0.1, 0.15) is 29.5 Å². The van der Waals surface area contributed by atoms with E-state index in [4.69, 9.17) is 0 Å². The third-order valence-corrected chi connectivity index (χ3v) is 3.86. The van der Waals surface area contributed by atoms with Crippen LogP contribution in [-0.2, 0) is 19.4 Å². The highest BCUT2D eigenvalue weighted by molar-refractivity contribution is 5.32. The lowest BCUT2D eigenvalue weighted by Crippen LogP contribution is -2.34. The molecule has 1 aromatic carbocycles. The highest BCUT2D eigenvalue weighted by atomic mass is 16.6. The molecule has 1 heterocycles. The summed E-state index contributed by atoms with van der Waals surface area (Å²) >= 11 is 0. The number of nitrogens with zero attached hydrogens (tertiary/aromatic N) is 2. The van der Waals surface area contributed by atoms with Crippen molar-refractivity contribution in [3.8, 4) is 0 Å². The fourth-order valence-corrected chi connectivity index (χ4v) is 2.75. The molecular weight excluding hydrogens is 252 g/mol. The monoisotopic (exact) mass is 269 g/mol. The third kappa shape index (κ3) is 2.69. The summed E-state index contributed by atoms with van der Waals surface area (Å²) in [4.78, 5) is 10.3. The van der Waals surface area contributed by atoms with Gasteiger partial charge in [0.15, 0.2) is 18.9 Å². The van der Waals surface area contributed by atoms with Crippen molar-refractivity contribution < 1.29 is 9.49 Å². The molecule has 0 saturated carbocycles. The van der Waals surface area contributed by atoms with E-state index in [1.54, 1.807) is 12.1 Å². The Kier molecular flexibility index (Phi) is 3.46. The van der Waals surface area contributed by atoms with Crippen molar-refractivity contribution in [1.29, 1.82) is 0 Å². The van der Waals surface area contributed by atoms with Crippen LogP contribution in [0.4, 0.5) is 5.69 Å². The second-order valence-corrected chi connectivity index (χ2v) is 5.30. The van der Waals surface area contributed by atoms with E-state index in [1.807, 2.05) is 12.1 Å². The highest BCUT2D eigenvalue weighted by Gasteiger charge is 2.14.